The van der Waals surface area contributed by atoms with Crippen molar-refractivity contribution in [1.82, 2.24) is 0 Å². The maximum absolute atomic E-state index is 8.28. The van der Waals surface area contributed by atoms with Crippen molar-refractivity contribution in [3.63, 3.8) is 0 Å². The average molecular weight is 159 g/mol. The Labute approximate surface area is 70.9 Å². The van der Waals surface area contributed by atoms with E-state index in [2.05, 4.69) is 0 Å². The Morgan fingerprint density at radius 1 is 1.33 bits per heavy atom. The van der Waals surface area contributed by atoms with E-state index in [4.69, 9.17) is 16.7 Å². The minimum absolute atomic E-state index is 0.518. The molecule has 0 spiro atoms. The normalized spacial score (nSPS) is 9.92. The maximum Gasteiger partial charge on any atom is 0.0912 e. The molecule has 1 aromatic carbocycles. The largest absolute Gasteiger partial charge is 0.397 e. The summed E-state index contributed by atoms with van der Waals surface area (Å²) in [5.41, 5.74) is 13.0. The Hall–Kier alpha value is -1.95. The van der Waals surface area contributed by atoms with Crippen LogP contribution in [0.2, 0.25) is 0 Å². The van der Waals surface area contributed by atoms with Crippen LogP contribution in [0, 0.1) is 11.3 Å². The molecule has 1 aromatic rings. The van der Waals surface area contributed by atoms with E-state index in [1.807, 2.05) is 6.07 Å². The summed E-state index contributed by atoms with van der Waals surface area (Å²) in [4.78, 5) is 0. The fourth-order valence-corrected chi connectivity index (χ4v) is 0.874. The second kappa shape index (κ2) is 3.44. The molecular formula is C9H9N3. The zero-order valence-electron chi connectivity index (χ0n) is 6.49. The molecule has 4 N–H and O–H groups in total. The molecule has 0 atom stereocenters. The first-order valence-corrected chi connectivity index (χ1v) is 3.46. The number of nitriles is 1. The standard InChI is InChI=1S/C9H9N3/c10-6-2-4-7-3-1-5-8(11)9(7)12/h1-5H,11-12H2. The lowest BCUT2D eigenvalue weighted by molar-refractivity contribution is 1.53. The fourth-order valence-electron chi connectivity index (χ4n) is 0.874. The smallest absolute Gasteiger partial charge is 0.0912 e. The molecule has 0 aliphatic carbocycles. The van der Waals surface area contributed by atoms with Crippen molar-refractivity contribution < 1.29 is 0 Å². The van der Waals surface area contributed by atoms with Gasteiger partial charge in [0, 0.05) is 11.6 Å². The van der Waals surface area contributed by atoms with Crippen LogP contribution in [0.4, 0.5) is 11.4 Å². The predicted octanol–water partition coefficient (Wildman–Crippen LogP) is 1.39. The number of nitrogens with two attached hydrogens (primary N) is 2. The van der Waals surface area contributed by atoms with Crippen LogP contribution >= 0.6 is 0 Å². The number of nitrogen functional groups attached to an aromatic ring is 2. The molecule has 3 nitrogen and oxygen atoms in total. The van der Waals surface area contributed by atoms with E-state index in [0.29, 0.717) is 11.4 Å². The highest BCUT2D eigenvalue weighted by Crippen LogP contribution is 2.20. The lowest BCUT2D eigenvalue weighted by Gasteiger charge is -2.01. The molecule has 0 aromatic heterocycles. The average Bonchev–Trinajstić information content (AvgIpc) is 2.08. The van der Waals surface area contributed by atoms with Crippen LogP contribution in [-0.2, 0) is 0 Å². The van der Waals surface area contributed by atoms with Gasteiger partial charge in [0.15, 0.2) is 0 Å². The number of benzene rings is 1. The van der Waals surface area contributed by atoms with Gasteiger partial charge in [-0.15, -0.1) is 0 Å². The number of rotatable bonds is 1. The van der Waals surface area contributed by atoms with Crippen molar-refractivity contribution in [2.24, 2.45) is 0 Å². The van der Waals surface area contributed by atoms with Gasteiger partial charge in [0.05, 0.1) is 17.4 Å². The Morgan fingerprint density at radius 2 is 2.08 bits per heavy atom. The van der Waals surface area contributed by atoms with E-state index in [-0.39, 0.29) is 0 Å². The summed E-state index contributed by atoms with van der Waals surface area (Å²) in [7, 11) is 0. The summed E-state index contributed by atoms with van der Waals surface area (Å²) in [5.74, 6) is 0. The van der Waals surface area contributed by atoms with Gasteiger partial charge in [-0.05, 0) is 12.1 Å². The van der Waals surface area contributed by atoms with Crippen LogP contribution in [-0.4, -0.2) is 0 Å². The molecule has 0 saturated carbocycles. The zero-order valence-corrected chi connectivity index (χ0v) is 6.49. The van der Waals surface area contributed by atoms with E-state index >= 15 is 0 Å². The number of hydrogen-bond acceptors (Lipinski definition) is 3. The molecule has 0 bridgehead atoms. The molecule has 1 rings (SSSR count). The van der Waals surface area contributed by atoms with Crippen LogP contribution in [0.25, 0.3) is 6.08 Å². The van der Waals surface area contributed by atoms with Crippen LogP contribution in [0.15, 0.2) is 24.3 Å². The third-order valence-electron chi connectivity index (χ3n) is 1.51. The van der Waals surface area contributed by atoms with E-state index in [0.717, 1.165) is 5.56 Å². The summed E-state index contributed by atoms with van der Waals surface area (Å²) < 4.78 is 0. The van der Waals surface area contributed by atoms with Crippen LogP contribution in [0.1, 0.15) is 5.56 Å². The monoisotopic (exact) mass is 159 g/mol. The molecule has 0 amide bonds. The van der Waals surface area contributed by atoms with Crippen LogP contribution in [0.5, 0.6) is 0 Å². The van der Waals surface area contributed by atoms with E-state index in [9.17, 15) is 0 Å². The third-order valence-corrected chi connectivity index (χ3v) is 1.51. The first-order chi connectivity index (χ1) is 5.75. The lowest BCUT2D eigenvalue weighted by atomic mass is 10.1. The van der Waals surface area contributed by atoms with Gasteiger partial charge in [-0.1, -0.05) is 12.1 Å². The first kappa shape index (κ1) is 8.15. The zero-order chi connectivity index (χ0) is 8.97. The molecule has 0 saturated heterocycles. The fraction of sp³-hybridized carbons (Fsp3) is 0. The highest BCUT2D eigenvalue weighted by atomic mass is 14.7. The quantitative estimate of drug-likeness (QED) is 0.480. The third kappa shape index (κ3) is 1.55. The van der Waals surface area contributed by atoms with Crippen LogP contribution in [0.3, 0.4) is 0 Å². The first-order valence-electron chi connectivity index (χ1n) is 3.46. The Bertz CT molecular complexity index is 347. The van der Waals surface area contributed by atoms with Gasteiger partial charge in [0.2, 0.25) is 0 Å². The van der Waals surface area contributed by atoms with Gasteiger partial charge in [-0.2, -0.15) is 5.26 Å². The van der Waals surface area contributed by atoms with Crippen molar-refractivity contribution >= 4 is 17.5 Å². The van der Waals surface area contributed by atoms with Crippen molar-refractivity contribution in [3.05, 3.63) is 29.8 Å². The molecule has 0 heterocycles. The van der Waals surface area contributed by atoms with Gasteiger partial charge >= 0.3 is 0 Å². The molecular weight excluding hydrogens is 150 g/mol. The maximum atomic E-state index is 8.28. The molecule has 12 heavy (non-hydrogen) atoms. The van der Waals surface area contributed by atoms with E-state index in [1.165, 1.54) is 6.08 Å². The van der Waals surface area contributed by atoms with Crippen molar-refractivity contribution in [1.29, 1.82) is 5.26 Å². The minimum Gasteiger partial charge on any atom is -0.397 e. The number of para-hydroxylation sites is 1. The molecule has 0 fully saturated rings. The Kier molecular flexibility index (Phi) is 2.34. The van der Waals surface area contributed by atoms with Gasteiger partial charge in [-0.25, -0.2) is 0 Å². The number of allylic oxidation sites excluding steroid dienone is 1. The molecule has 0 radical (unpaired) electrons. The highest BCUT2D eigenvalue weighted by Gasteiger charge is 1.96. The SMILES string of the molecule is N#CC=Cc1cccc(N)c1N. The molecule has 0 aliphatic rings. The van der Waals surface area contributed by atoms with E-state index < -0.39 is 0 Å². The predicted molar refractivity (Wildman–Crippen MR) is 49.9 cm³/mol. The lowest BCUT2D eigenvalue weighted by Crippen LogP contribution is -1.96. The number of hydrogen-bond donors (Lipinski definition) is 2. The van der Waals surface area contributed by atoms with Gasteiger partial charge in [0.25, 0.3) is 0 Å². The van der Waals surface area contributed by atoms with Crippen molar-refractivity contribution in [2.75, 3.05) is 11.5 Å². The van der Waals surface area contributed by atoms with Gasteiger partial charge in [0.1, 0.15) is 0 Å². The van der Waals surface area contributed by atoms with Gasteiger partial charge in [-0.3, -0.25) is 0 Å². The summed E-state index contributed by atoms with van der Waals surface area (Å²) in [6, 6.07) is 7.21. The summed E-state index contributed by atoms with van der Waals surface area (Å²) in [6.07, 6.45) is 3.00. The highest BCUT2D eigenvalue weighted by molar-refractivity contribution is 5.76. The van der Waals surface area contributed by atoms with Crippen LogP contribution < -0.4 is 11.5 Å². The molecule has 0 unspecified atom stereocenters. The summed E-state index contributed by atoms with van der Waals surface area (Å²) in [5, 5.41) is 8.28. The number of anilines is 2. The second-order valence-electron chi connectivity index (χ2n) is 2.31. The molecule has 3 heteroatoms. The summed E-state index contributed by atoms with van der Waals surface area (Å²) >= 11 is 0. The van der Waals surface area contributed by atoms with Crippen molar-refractivity contribution in [3.8, 4) is 6.07 Å². The number of nitrogens with zero attached hydrogens (tertiary/aromatic N) is 1. The van der Waals surface area contributed by atoms with Gasteiger partial charge < -0.3 is 11.5 Å². The minimum atomic E-state index is 0.518. The molecule has 0 aliphatic heterocycles. The summed E-state index contributed by atoms with van der Waals surface area (Å²) in [6.45, 7) is 0. The Morgan fingerprint density at radius 3 is 2.75 bits per heavy atom. The topological polar surface area (TPSA) is 75.8 Å². The van der Waals surface area contributed by atoms with Crippen molar-refractivity contribution in [2.45, 2.75) is 0 Å². The molecule has 60 valence electrons. The van der Waals surface area contributed by atoms with E-state index in [1.54, 1.807) is 24.3 Å². The Balaban J connectivity index is 3.10. The second-order valence-corrected chi connectivity index (χ2v) is 2.31.